The van der Waals surface area contributed by atoms with Gasteiger partial charge in [0.25, 0.3) is 0 Å². The molecule has 1 fully saturated rings. The van der Waals surface area contributed by atoms with Gasteiger partial charge in [-0.05, 0) is 24.5 Å². The van der Waals surface area contributed by atoms with E-state index in [1.165, 1.54) is 0 Å². The fourth-order valence-electron chi connectivity index (χ4n) is 2.51. The minimum atomic E-state index is -2.87. The Kier molecular flexibility index (Phi) is 5.36. The number of sulfone groups is 1. The van der Waals surface area contributed by atoms with E-state index in [1.807, 2.05) is 31.2 Å². The van der Waals surface area contributed by atoms with Crippen LogP contribution in [0.15, 0.2) is 24.3 Å². The third-order valence-corrected chi connectivity index (χ3v) is 5.46. The first kappa shape index (κ1) is 16.0. The molecule has 1 atom stereocenters. The lowest BCUT2D eigenvalue weighted by Crippen LogP contribution is -2.32. The van der Waals surface area contributed by atoms with E-state index in [2.05, 4.69) is 10.6 Å². The van der Waals surface area contributed by atoms with Gasteiger partial charge in [-0.1, -0.05) is 25.1 Å². The van der Waals surface area contributed by atoms with Crippen molar-refractivity contribution in [1.82, 2.24) is 5.32 Å². The number of hydrogen-bond acceptors (Lipinski definition) is 4. The van der Waals surface area contributed by atoms with Gasteiger partial charge in [0, 0.05) is 24.7 Å². The van der Waals surface area contributed by atoms with Crippen LogP contribution in [0.25, 0.3) is 0 Å². The van der Waals surface area contributed by atoms with Crippen molar-refractivity contribution in [3.05, 3.63) is 29.8 Å². The zero-order valence-corrected chi connectivity index (χ0v) is 13.1. The standard InChI is InChI=1S/C15H22N2O3S/c1-2-12-5-3-4-6-14(12)17-15(18)7-9-16-13-8-10-21(19,20)11-13/h3-6,13,16H,2,7-11H2,1H3,(H,17,18). The normalized spacial score (nSPS) is 20.3. The molecule has 0 radical (unpaired) electrons. The number of amides is 1. The molecule has 0 aromatic heterocycles. The fourth-order valence-corrected chi connectivity index (χ4v) is 4.22. The van der Waals surface area contributed by atoms with Gasteiger partial charge in [0.05, 0.1) is 11.5 Å². The summed E-state index contributed by atoms with van der Waals surface area (Å²) in [5.41, 5.74) is 1.97. The highest BCUT2D eigenvalue weighted by Gasteiger charge is 2.27. The van der Waals surface area contributed by atoms with Crippen LogP contribution in [-0.4, -0.2) is 38.4 Å². The predicted octanol–water partition coefficient (Wildman–Crippen LogP) is 1.35. The van der Waals surface area contributed by atoms with Crippen molar-refractivity contribution in [3.63, 3.8) is 0 Å². The van der Waals surface area contributed by atoms with E-state index in [9.17, 15) is 13.2 Å². The Labute approximate surface area is 126 Å². The molecule has 1 aromatic carbocycles. The summed E-state index contributed by atoms with van der Waals surface area (Å²) < 4.78 is 22.7. The number of nitrogens with one attached hydrogen (secondary N) is 2. The Bertz CT molecular complexity index is 599. The first-order valence-electron chi connectivity index (χ1n) is 7.32. The molecule has 1 heterocycles. The molecule has 0 spiro atoms. The first-order valence-corrected chi connectivity index (χ1v) is 9.14. The molecule has 1 unspecified atom stereocenters. The maximum Gasteiger partial charge on any atom is 0.225 e. The number of carbonyl (C=O) groups is 1. The second kappa shape index (κ2) is 7.04. The van der Waals surface area contributed by atoms with Crippen molar-refractivity contribution in [3.8, 4) is 0 Å². The van der Waals surface area contributed by atoms with Crippen LogP contribution >= 0.6 is 0 Å². The molecule has 2 N–H and O–H groups in total. The predicted molar refractivity (Wildman–Crippen MR) is 84.1 cm³/mol. The lowest BCUT2D eigenvalue weighted by molar-refractivity contribution is -0.116. The molecule has 1 saturated heterocycles. The third-order valence-electron chi connectivity index (χ3n) is 3.69. The van der Waals surface area contributed by atoms with Gasteiger partial charge >= 0.3 is 0 Å². The number of para-hydroxylation sites is 1. The SMILES string of the molecule is CCc1ccccc1NC(=O)CCNC1CCS(=O)(=O)C1. The van der Waals surface area contributed by atoms with Crippen molar-refractivity contribution in [1.29, 1.82) is 0 Å². The van der Waals surface area contributed by atoms with Gasteiger partial charge in [-0.3, -0.25) is 4.79 Å². The lowest BCUT2D eigenvalue weighted by Gasteiger charge is -2.12. The zero-order chi connectivity index (χ0) is 15.3. The van der Waals surface area contributed by atoms with Crippen LogP contribution in [0.5, 0.6) is 0 Å². The molecule has 21 heavy (non-hydrogen) atoms. The van der Waals surface area contributed by atoms with Crippen LogP contribution < -0.4 is 10.6 Å². The van der Waals surface area contributed by atoms with Crippen molar-refractivity contribution in [2.24, 2.45) is 0 Å². The molecule has 1 aliphatic rings. The Morgan fingerprint density at radius 3 is 2.76 bits per heavy atom. The van der Waals surface area contributed by atoms with Crippen molar-refractivity contribution in [2.45, 2.75) is 32.2 Å². The molecule has 0 bridgehead atoms. The van der Waals surface area contributed by atoms with Gasteiger partial charge < -0.3 is 10.6 Å². The molecule has 6 heteroatoms. The molecule has 1 amide bonds. The molecule has 0 saturated carbocycles. The quantitative estimate of drug-likeness (QED) is 0.832. The first-order chi connectivity index (χ1) is 10.00. The molecule has 5 nitrogen and oxygen atoms in total. The maximum absolute atomic E-state index is 11.9. The Morgan fingerprint density at radius 2 is 2.10 bits per heavy atom. The smallest absolute Gasteiger partial charge is 0.225 e. The van der Waals surface area contributed by atoms with Gasteiger partial charge in [0.2, 0.25) is 5.91 Å². The number of aryl methyl sites for hydroxylation is 1. The Hall–Kier alpha value is -1.40. The van der Waals surface area contributed by atoms with Crippen LogP contribution in [0, 0.1) is 0 Å². The van der Waals surface area contributed by atoms with Crippen LogP contribution in [0.2, 0.25) is 0 Å². The number of benzene rings is 1. The highest BCUT2D eigenvalue weighted by Crippen LogP contribution is 2.15. The summed E-state index contributed by atoms with van der Waals surface area (Å²) in [6, 6.07) is 7.74. The number of rotatable bonds is 6. The Morgan fingerprint density at radius 1 is 1.33 bits per heavy atom. The Balaban J connectivity index is 1.75. The minimum Gasteiger partial charge on any atom is -0.326 e. The fraction of sp³-hybridized carbons (Fsp3) is 0.533. The van der Waals surface area contributed by atoms with Gasteiger partial charge in [-0.2, -0.15) is 0 Å². The molecule has 1 aromatic rings. The van der Waals surface area contributed by atoms with E-state index >= 15 is 0 Å². The summed E-state index contributed by atoms with van der Waals surface area (Å²) in [6.07, 6.45) is 1.85. The summed E-state index contributed by atoms with van der Waals surface area (Å²) in [7, 11) is -2.87. The summed E-state index contributed by atoms with van der Waals surface area (Å²) in [5.74, 6) is 0.387. The molecular formula is C15H22N2O3S. The molecule has 116 valence electrons. The third kappa shape index (κ3) is 4.82. The second-order valence-corrected chi connectivity index (χ2v) is 7.59. The van der Waals surface area contributed by atoms with Gasteiger partial charge in [-0.15, -0.1) is 0 Å². The second-order valence-electron chi connectivity index (χ2n) is 5.36. The minimum absolute atomic E-state index is 0.00859. The average Bonchev–Trinajstić information content (AvgIpc) is 2.79. The van der Waals surface area contributed by atoms with Gasteiger partial charge in [0.15, 0.2) is 9.84 Å². The van der Waals surface area contributed by atoms with Crippen LogP contribution in [0.1, 0.15) is 25.3 Å². The van der Waals surface area contributed by atoms with Crippen LogP contribution in [0.3, 0.4) is 0 Å². The van der Waals surface area contributed by atoms with E-state index in [4.69, 9.17) is 0 Å². The van der Waals surface area contributed by atoms with Crippen LogP contribution in [0.4, 0.5) is 5.69 Å². The molecular weight excluding hydrogens is 288 g/mol. The summed E-state index contributed by atoms with van der Waals surface area (Å²) in [6.45, 7) is 2.55. The average molecular weight is 310 g/mol. The largest absolute Gasteiger partial charge is 0.326 e. The lowest BCUT2D eigenvalue weighted by atomic mass is 10.1. The topological polar surface area (TPSA) is 75.3 Å². The zero-order valence-electron chi connectivity index (χ0n) is 12.3. The van der Waals surface area contributed by atoms with E-state index in [1.54, 1.807) is 0 Å². The van der Waals surface area contributed by atoms with Gasteiger partial charge in [-0.25, -0.2) is 8.42 Å². The van der Waals surface area contributed by atoms with E-state index < -0.39 is 9.84 Å². The maximum atomic E-state index is 11.9. The van der Waals surface area contributed by atoms with E-state index in [0.717, 1.165) is 17.7 Å². The highest BCUT2D eigenvalue weighted by atomic mass is 32.2. The molecule has 1 aliphatic heterocycles. The molecule has 0 aliphatic carbocycles. The summed E-state index contributed by atoms with van der Waals surface area (Å²) in [5, 5.41) is 6.05. The number of hydrogen-bond donors (Lipinski definition) is 2. The van der Waals surface area contributed by atoms with E-state index in [0.29, 0.717) is 19.4 Å². The van der Waals surface area contributed by atoms with Crippen molar-refractivity contribution < 1.29 is 13.2 Å². The number of carbonyl (C=O) groups excluding carboxylic acids is 1. The summed E-state index contributed by atoms with van der Waals surface area (Å²) >= 11 is 0. The van der Waals surface area contributed by atoms with E-state index in [-0.39, 0.29) is 23.5 Å². The highest BCUT2D eigenvalue weighted by molar-refractivity contribution is 7.91. The molecule has 2 rings (SSSR count). The van der Waals surface area contributed by atoms with Gasteiger partial charge in [0.1, 0.15) is 0 Å². The van der Waals surface area contributed by atoms with Crippen molar-refractivity contribution >= 4 is 21.4 Å². The van der Waals surface area contributed by atoms with Crippen LogP contribution in [-0.2, 0) is 21.1 Å². The number of anilines is 1. The van der Waals surface area contributed by atoms with Crippen molar-refractivity contribution in [2.75, 3.05) is 23.4 Å². The monoisotopic (exact) mass is 310 g/mol. The summed E-state index contributed by atoms with van der Waals surface area (Å²) in [4.78, 5) is 11.9.